The van der Waals surface area contributed by atoms with Gasteiger partial charge in [0.2, 0.25) is 5.91 Å². The Kier molecular flexibility index (Phi) is 4.22. The van der Waals surface area contributed by atoms with Crippen LogP contribution in [0.25, 0.3) is 0 Å². The summed E-state index contributed by atoms with van der Waals surface area (Å²) in [6.07, 6.45) is 4.58. The third-order valence-corrected chi connectivity index (χ3v) is 2.61. The summed E-state index contributed by atoms with van der Waals surface area (Å²) in [4.78, 5) is 11.3. The monoisotopic (exact) mass is 185 g/mol. The zero-order chi connectivity index (χ0) is 9.68. The number of hydrogen-bond acceptors (Lipinski definition) is 2. The second-order valence-electron chi connectivity index (χ2n) is 3.82. The van der Waals surface area contributed by atoms with E-state index < -0.39 is 0 Å². The maximum absolute atomic E-state index is 11.3. The Morgan fingerprint density at radius 3 is 2.77 bits per heavy atom. The van der Waals surface area contributed by atoms with E-state index in [1.165, 1.54) is 6.42 Å². The molecular weight excluding hydrogens is 166 g/mol. The Bertz CT molecular complexity index is 166. The fraction of sp³-hybridized carbons (Fsp3) is 0.900. The lowest BCUT2D eigenvalue weighted by Crippen LogP contribution is -2.38. The molecule has 1 saturated carbocycles. The third-order valence-electron chi connectivity index (χ3n) is 2.61. The molecule has 1 aliphatic rings. The summed E-state index contributed by atoms with van der Waals surface area (Å²) in [5.74, 6) is 0.357. The van der Waals surface area contributed by atoms with Crippen LogP contribution in [-0.4, -0.2) is 23.7 Å². The standard InChI is InChI=1S/C10H19NO2/c1-2-4-9(12)7-11-10(13)8-5-3-6-8/h8-9,12H,2-7H2,1H3,(H,11,13). The molecule has 1 unspecified atom stereocenters. The molecule has 1 atom stereocenters. The molecule has 3 nitrogen and oxygen atoms in total. The molecule has 13 heavy (non-hydrogen) atoms. The summed E-state index contributed by atoms with van der Waals surface area (Å²) >= 11 is 0. The summed E-state index contributed by atoms with van der Waals surface area (Å²) in [6, 6.07) is 0. The van der Waals surface area contributed by atoms with Crippen LogP contribution in [-0.2, 0) is 4.79 Å². The van der Waals surface area contributed by atoms with Crippen molar-refractivity contribution >= 4 is 5.91 Å². The van der Waals surface area contributed by atoms with Gasteiger partial charge in [0.15, 0.2) is 0 Å². The molecule has 3 heteroatoms. The first-order valence-corrected chi connectivity index (χ1v) is 5.19. The number of carbonyl (C=O) groups is 1. The molecule has 2 N–H and O–H groups in total. The van der Waals surface area contributed by atoms with Crippen LogP contribution in [0.2, 0.25) is 0 Å². The maximum Gasteiger partial charge on any atom is 0.223 e. The Hall–Kier alpha value is -0.570. The lowest BCUT2D eigenvalue weighted by Gasteiger charge is -2.24. The molecule has 0 saturated heterocycles. The number of amides is 1. The second-order valence-corrected chi connectivity index (χ2v) is 3.82. The molecule has 0 aliphatic heterocycles. The van der Waals surface area contributed by atoms with Crippen molar-refractivity contribution in [3.05, 3.63) is 0 Å². The first-order chi connectivity index (χ1) is 6.24. The zero-order valence-electron chi connectivity index (χ0n) is 8.25. The number of rotatable bonds is 5. The van der Waals surface area contributed by atoms with E-state index in [0.717, 1.165) is 25.7 Å². The highest BCUT2D eigenvalue weighted by Crippen LogP contribution is 2.26. The highest BCUT2D eigenvalue weighted by atomic mass is 16.3. The largest absolute Gasteiger partial charge is 0.391 e. The molecule has 1 amide bonds. The average Bonchev–Trinajstić information content (AvgIpc) is 1.98. The molecule has 0 heterocycles. The topological polar surface area (TPSA) is 49.3 Å². The normalized spacial score (nSPS) is 19.2. The minimum absolute atomic E-state index is 0.126. The van der Waals surface area contributed by atoms with E-state index in [4.69, 9.17) is 0 Å². The van der Waals surface area contributed by atoms with Gasteiger partial charge in [-0.2, -0.15) is 0 Å². The minimum Gasteiger partial charge on any atom is -0.391 e. The van der Waals surface area contributed by atoms with Crippen LogP contribution in [0.15, 0.2) is 0 Å². The Morgan fingerprint density at radius 2 is 2.31 bits per heavy atom. The van der Waals surface area contributed by atoms with Crippen molar-refractivity contribution in [2.45, 2.75) is 45.1 Å². The smallest absolute Gasteiger partial charge is 0.223 e. The lowest BCUT2D eigenvalue weighted by atomic mass is 9.85. The molecule has 0 radical (unpaired) electrons. The van der Waals surface area contributed by atoms with Gasteiger partial charge in [0.25, 0.3) is 0 Å². The second kappa shape index (κ2) is 5.22. The van der Waals surface area contributed by atoms with E-state index in [-0.39, 0.29) is 17.9 Å². The molecule has 0 aromatic heterocycles. The van der Waals surface area contributed by atoms with E-state index in [0.29, 0.717) is 6.54 Å². The highest BCUT2D eigenvalue weighted by Gasteiger charge is 2.24. The molecule has 1 fully saturated rings. The van der Waals surface area contributed by atoms with Gasteiger partial charge in [0.05, 0.1) is 6.10 Å². The molecular formula is C10H19NO2. The molecule has 1 rings (SSSR count). The number of carbonyl (C=O) groups excluding carboxylic acids is 1. The molecule has 0 aromatic rings. The molecule has 1 aliphatic carbocycles. The summed E-state index contributed by atoms with van der Waals surface area (Å²) in [6.45, 7) is 2.44. The average molecular weight is 185 g/mol. The van der Waals surface area contributed by atoms with Crippen LogP contribution in [0.3, 0.4) is 0 Å². The molecule has 0 bridgehead atoms. The van der Waals surface area contributed by atoms with E-state index in [1.807, 2.05) is 6.92 Å². The van der Waals surface area contributed by atoms with Gasteiger partial charge < -0.3 is 10.4 Å². The zero-order valence-corrected chi connectivity index (χ0v) is 8.25. The third kappa shape index (κ3) is 3.35. The predicted octanol–water partition coefficient (Wildman–Crippen LogP) is 1.06. The quantitative estimate of drug-likeness (QED) is 0.673. The minimum atomic E-state index is -0.367. The van der Waals surface area contributed by atoms with Crippen molar-refractivity contribution in [3.63, 3.8) is 0 Å². The Labute approximate surface area is 79.5 Å². The van der Waals surface area contributed by atoms with E-state index in [2.05, 4.69) is 5.32 Å². The SMILES string of the molecule is CCCC(O)CNC(=O)C1CCC1. The first-order valence-electron chi connectivity index (χ1n) is 5.19. The van der Waals surface area contributed by atoms with Crippen molar-refractivity contribution in [2.24, 2.45) is 5.92 Å². The van der Waals surface area contributed by atoms with Crippen LogP contribution < -0.4 is 5.32 Å². The van der Waals surface area contributed by atoms with Crippen LogP contribution in [0.4, 0.5) is 0 Å². The van der Waals surface area contributed by atoms with Gasteiger partial charge in [-0.1, -0.05) is 19.8 Å². The summed E-state index contributed by atoms with van der Waals surface area (Å²) in [5.41, 5.74) is 0. The molecule has 76 valence electrons. The van der Waals surface area contributed by atoms with Crippen LogP contribution in [0.1, 0.15) is 39.0 Å². The number of aliphatic hydroxyl groups excluding tert-OH is 1. The van der Waals surface area contributed by atoms with Crippen LogP contribution in [0, 0.1) is 5.92 Å². The molecule has 0 aromatic carbocycles. The fourth-order valence-corrected chi connectivity index (χ4v) is 1.47. The van der Waals surface area contributed by atoms with Gasteiger partial charge in [-0.05, 0) is 19.3 Å². The summed E-state index contributed by atoms with van der Waals surface area (Å²) in [7, 11) is 0. The first kappa shape index (κ1) is 10.5. The Balaban J connectivity index is 2.06. The van der Waals surface area contributed by atoms with Crippen LogP contribution in [0.5, 0.6) is 0 Å². The Morgan fingerprint density at radius 1 is 1.62 bits per heavy atom. The highest BCUT2D eigenvalue weighted by molar-refractivity contribution is 5.79. The van der Waals surface area contributed by atoms with Gasteiger partial charge in [-0.25, -0.2) is 0 Å². The van der Waals surface area contributed by atoms with Gasteiger partial charge in [0, 0.05) is 12.5 Å². The van der Waals surface area contributed by atoms with Gasteiger partial charge in [-0.3, -0.25) is 4.79 Å². The summed E-state index contributed by atoms with van der Waals surface area (Å²) < 4.78 is 0. The number of hydrogen-bond donors (Lipinski definition) is 2. The predicted molar refractivity (Wildman–Crippen MR) is 51.3 cm³/mol. The van der Waals surface area contributed by atoms with E-state index in [9.17, 15) is 9.90 Å². The van der Waals surface area contributed by atoms with Crippen molar-refractivity contribution < 1.29 is 9.90 Å². The van der Waals surface area contributed by atoms with E-state index in [1.54, 1.807) is 0 Å². The lowest BCUT2D eigenvalue weighted by molar-refractivity contribution is -0.127. The molecule has 0 spiro atoms. The number of aliphatic hydroxyl groups is 1. The van der Waals surface area contributed by atoms with E-state index >= 15 is 0 Å². The fourth-order valence-electron chi connectivity index (χ4n) is 1.47. The number of nitrogens with one attached hydrogen (secondary N) is 1. The van der Waals surface area contributed by atoms with Crippen molar-refractivity contribution in [3.8, 4) is 0 Å². The van der Waals surface area contributed by atoms with Gasteiger partial charge in [0.1, 0.15) is 0 Å². The van der Waals surface area contributed by atoms with Crippen LogP contribution >= 0.6 is 0 Å². The van der Waals surface area contributed by atoms with Crippen molar-refractivity contribution in [1.82, 2.24) is 5.32 Å². The summed E-state index contributed by atoms with van der Waals surface area (Å²) in [5, 5.41) is 12.1. The van der Waals surface area contributed by atoms with Gasteiger partial charge in [-0.15, -0.1) is 0 Å². The van der Waals surface area contributed by atoms with Gasteiger partial charge >= 0.3 is 0 Å². The van der Waals surface area contributed by atoms with Crippen molar-refractivity contribution in [1.29, 1.82) is 0 Å². The van der Waals surface area contributed by atoms with Crippen molar-refractivity contribution in [2.75, 3.05) is 6.54 Å². The maximum atomic E-state index is 11.3.